The van der Waals surface area contributed by atoms with Crippen LogP contribution in [0.2, 0.25) is 0 Å². The molecule has 0 aliphatic heterocycles. The highest BCUT2D eigenvalue weighted by Crippen LogP contribution is 2.10. The van der Waals surface area contributed by atoms with Crippen molar-refractivity contribution in [2.45, 2.75) is 13.8 Å². The minimum atomic E-state index is -0.643. The van der Waals surface area contributed by atoms with E-state index in [9.17, 15) is 14.4 Å². The Labute approximate surface area is 111 Å². The lowest BCUT2D eigenvalue weighted by atomic mass is 10.1. The molecule has 6 heteroatoms. The monoisotopic (exact) mass is 264 g/mol. The fraction of sp³-hybridized carbons (Fsp3) is 0.308. The zero-order valence-electron chi connectivity index (χ0n) is 10.9. The van der Waals surface area contributed by atoms with E-state index in [0.29, 0.717) is 11.3 Å². The Morgan fingerprint density at radius 2 is 2.00 bits per heavy atom. The number of ketones is 1. The van der Waals surface area contributed by atoms with Crippen molar-refractivity contribution in [2.75, 3.05) is 18.5 Å². The second kappa shape index (κ2) is 7.15. The SMILES string of the molecule is CCOC(=O)NCC(=O)Nc1cccc(C(C)=O)c1. The van der Waals surface area contributed by atoms with Gasteiger partial charge in [0.25, 0.3) is 0 Å². The largest absolute Gasteiger partial charge is 0.450 e. The van der Waals surface area contributed by atoms with E-state index in [2.05, 4.69) is 15.4 Å². The molecule has 2 amide bonds. The van der Waals surface area contributed by atoms with Gasteiger partial charge in [0.05, 0.1) is 6.61 Å². The molecular formula is C13H16N2O4. The summed E-state index contributed by atoms with van der Waals surface area (Å²) in [6.07, 6.45) is -0.643. The number of Topliss-reactive ketones (excluding diaryl/α,β-unsaturated/α-hetero) is 1. The van der Waals surface area contributed by atoms with E-state index >= 15 is 0 Å². The maximum absolute atomic E-state index is 11.5. The van der Waals surface area contributed by atoms with E-state index in [4.69, 9.17) is 0 Å². The van der Waals surface area contributed by atoms with Crippen molar-refractivity contribution in [1.29, 1.82) is 0 Å². The van der Waals surface area contributed by atoms with E-state index in [1.165, 1.54) is 6.92 Å². The molecule has 0 spiro atoms. The van der Waals surface area contributed by atoms with Gasteiger partial charge in [-0.15, -0.1) is 0 Å². The molecule has 1 rings (SSSR count). The molecule has 1 aromatic carbocycles. The number of carbonyl (C=O) groups excluding carboxylic acids is 3. The van der Waals surface area contributed by atoms with Crippen LogP contribution < -0.4 is 10.6 Å². The van der Waals surface area contributed by atoms with Crippen LogP contribution in [0.25, 0.3) is 0 Å². The van der Waals surface area contributed by atoms with Gasteiger partial charge in [0, 0.05) is 11.3 Å². The minimum Gasteiger partial charge on any atom is -0.450 e. The Hall–Kier alpha value is -2.37. The van der Waals surface area contributed by atoms with Gasteiger partial charge in [0.15, 0.2) is 5.78 Å². The zero-order chi connectivity index (χ0) is 14.3. The number of hydrogen-bond acceptors (Lipinski definition) is 4. The fourth-order valence-electron chi connectivity index (χ4n) is 1.36. The molecular weight excluding hydrogens is 248 g/mol. The van der Waals surface area contributed by atoms with E-state index in [0.717, 1.165) is 0 Å². The Bertz CT molecular complexity index is 485. The first kappa shape index (κ1) is 14.7. The third kappa shape index (κ3) is 5.20. The van der Waals surface area contributed by atoms with Gasteiger partial charge in [0.1, 0.15) is 6.54 Å². The molecule has 19 heavy (non-hydrogen) atoms. The highest BCUT2D eigenvalue weighted by atomic mass is 16.5. The summed E-state index contributed by atoms with van der Waals surface area (Å²) in [5.74, 6) is -0.477. The smallest absolute Gasteiger partial charge is 0.407 e. The molecule has 0 radical (unpaired) electrons. The first-order valence-corrected chi connectivity index (χ1v) is 5.84. The Morgan fingerprint density at radius 1 is 1.26 bits per heavy atom. The van der Waals surface area contributed by atoms with Crippen LogP contribution in [0.3, 0.4) is 0 Å². The summed E-state index contributed by atoms with van der Waals surface area (Å²) in [6.45, 7) is 3.17. The Morgan fingerprint density at radius 3 is 2.63 bits per heavy atom. The molecule has 0 aliphatic rings. The zero-order valence-corrected chi connectivity index (χ0v) is 10.9. The van der Waals surface area contributed by atoms with Crippen LogP contribution in [-0.2, 0) is 9.53 Å². The van der Waals surface area contributed by atoms with Gasteiger partial charge < -0.3 is 15.4 Å². The number of nitrogens with one attached hydrogen (secondary N) is 2. The van der Waals surface area contributed by atoms with Crippen LogP contribution >= 0.6 is 0 Å². The van der Waals surface area contributed by atoms with Crippen LogP contribution in [0.5, 0.6) is 0 Å². The first-order chi connectivity index (χ1) is 9.02. The van der Waals surface area contributed by atoms with Crippen LogP contribution in [0.1, 0.15) is 24.2 Å². The Kier molecular flexibility index (Phi) is 5.53. The number of benzene rings is 1. The Balaban J connectivity index is 2.50. The van der Waals surface area contributed by atoms with Crippen molar-refractivity contribution in [3.8, 4) is 0 Å². The van der Waals surface area contributed by atoms with E-state index in [-0.39, 0.29) is 18.9 Å². The summed E-state index contributed by atoms with van der Waals surface area (Å²) in [6, 6.07) is 6.57. The van der Waals surface area contributed by atoms with Crippen molar-refractivity contribution in [2.24, 2.45) is 0 Å². The summed E-state index contributed by atoms with van der Waals surface area (Å²) in [5, 5.41) is 4.87. The summed E-state index contributed by atoms with van der Waals surface area (Å²) < 4.78 is 4.62. The second-order valence-electron chi connectivity index (χ2n) is 3.76. The maximum atomic E-state index is 11.5. The van der Waals surface area contributed by atoms with Crippen LogP contribution in [-0.4, -0.2) is 30.9 Å². The summed E-state index contributed by atoms with van der Waals surface area (Å²) in [5.41, 5.74) is 1.01. The lowest BCUT2D eigenvalue weighted by Gasteiger charge is -2.07. The van der Waals surface area contributed by atoms with Gasteiger partial charge in [-0.2, -0.15) is 0 Å². The third-order valence-corrected chi connectivity index (χ3v) is 2.22. The van der Waals surface area contributed by atoms with Crippen molar-refractivity contribution in [1.82, 2.24) is 5.32 Å². The van der Waals surface area contributed by atoms with Crippen LogP contribution in [0.15, 0.2) is 24.3 Å². The molecule has 0 unspecified atom stereocenters. The second-order valence-corrected chi connectivity index (χ2v) is 3.76. The summed E-state index contributed by atoms with van der Waals surface area (Å²) in [4.78, 5) is 33.7. The quantitative estimate of drug-likeness (QED) is 0.791. The van der Waals surface area contributed by atoms with Crippen LogP contribution in [0, 0.1) is 0 Å². The number of alkyl carbamates (subject to hydrolysis) is 1. The average molecular weight is 264 g/mol. The van der Waals surface area contributed by atoms with Crippen molar-refractivity contribution in [3.05, 3.63) is 29.8 Å². The topological polar surface area (TPSA) is 84.5 Å². The molecule has 0 aromatic heterocycles. The van der Waals surface area contributed by atoms with Crippen molar-refractivity contribution >= 4 is 23.5 Å². The lowest BCUT2D eigenvalue weighted by molar-refractivity contribution is -0.115. The number of anilines is 1. The number of carbonyl (C=O) groups is 3. The van der Waals surface area contributed by atoms with Gasteiger partial charge in [0.2, 0.25) is 5.91 Å². The number of rotatable bonds is 5. The molecule has 0 atom stereocenters. The number of hydrogen-bond donors (Lipinski definition) is 2. The van der Waals surface area contributed by atoms with Crippen molar-refractivity contribution < 1.29 is 19.1 Å². The predicted octanol–water partition coefficient (Wildman–Crippen LogP) is 1.57. The fourth-order valence-corrected chi connectivity index (χ4v) is 1.36. The average Bonchev–Trinajstić information content (AvgIpc) is 2.37. The standard InChI is InChI=1S/C13H16N2O4/c1-3-19-13(18)14-8-12(17)15-11-6-4-5-10(7-11)9(2)16/h4-7H,3,8H2,1-2H3,(H,14,18)(H,15,17). The van der Waals surface area contributed by atoms with E-state index < -0.39 is 12.0 Å². The lowest BCUT2D eigenvalue weighted by Crippen LogP contribution is -2.33. The van der Waals surface area contributed by atoms with Gasteiger partial charge in [-0.3, -0.25) is 9.59 Å². The molecule has 102 valence electrons. The molecule has 0 bridgehead atoms. The van der Waals surface area contributed by atoms with Gasteiger partial charge in [-0.25, -0.2) is 4.79 Å². The molecule has 0 heterocycles. The van der Waals surface area contributed by atoms with E-state index in [1.54, 1.807) is 31.2 Å². The normalized spacial score (nSPS) is 9.58. The predicted molar refractivity (Wildman–Crippen MR) is 70.1 cm³/mol. The van der Waals surface area contributed by atoms with Gasteiger partial charge in [-0.05, 0) is 26.0 Å². The van der Waals surface area contributed by atoms with Crippen molar-refractivity contribution in [3.63, 3.8) is 0 Å². The highest BCUT2D eigenvalue weighted by molar-refractivity contribution is 5.97. The summed E-state index contributed by atoms with van der Waals surface area (Å²) >= 11 is 0. The molecule has 0 saturated carbocycles. The van der Waals surface area contributed by atoms with E-state index in [1.807, 2.05) is 0 Å². The molecule has 0 saturated heterocycles. The summed E-state index contributed by atoms with van der Waals surface area (Å²) in [7, 11) is 0. The van der Waals surface area contributed by atoms with Gasteiger partial charge >= 0.3 is 6.09 Å². The maximum Gasteiger partial charge on any atom is 0.407 e. The molecule has 2 N–H and O–H groups in total. The highest BCUT2D eigenvalue weighted by Gasteiger charge is 2.07. The first-order valence-electron chi connectivity index (χ1n) is 5.84. The number of amides is 2. The molecule has 0 fully saturated rings. The van der Waals surface area contributed by atoms with Crippen LogP contribution in [0.4, 0.5) is 10.5 Å². The number of ether oxygens (including phenoxy) is 1. The van der Waals surface area contributed by atoms with Gasteiger partial charge in [-0.1, -0.05) is 12.1 Å². The molecule has 0 aliphatic carbocycles. The molecule has 6 nitrogen and oxygen atoms in total. The molecule has 1 aromatic rings. The third-order valence-electron chi connectivity index (χ3n) is 2.22. The minimum absolute atomic E-state index is 0.0826.